The number of rotatable bonds is 7. The summed E-state index contributed by atoms with van der Waals surface area (Å²) in [5, 5.41) is 5.51. The van der Waals surface area contributed by atoms with Gasteiger partial charge >= 0.3 is 0 Å². The van der Waals surface area contributed by atoms with Crippen molar-refractivity contribution in [2.75, 3.05) is 26.2 Å². The average Bonchev–Trinajstić information content (AvgIpc) is 2.58. The van der Waals surface area contributed by atoms with Crippen molar-refractivity contribution >= 4 is 11.8 Å². The van der Waals surface area contributed by atoms with E-state index in [9.17, 15) is 14.0 Å². The molecule has 2 rings (SSSR count). The molecule has 1 aromatic carbocycles. The van der Waals surface area contributed by atoms with Crippen LogP contribution in [0.2, 0.25) is 0 Å². The van der Waals surface area contributed by atoms with Gasteiger partial charge in [0, 0.05) is 26.2 Å². The molecule has 150 valence electrons. The second-order valence-electron chi connectivity index (χ2n) is 7.43. The molecule has 1 aliphatic rings. The largest absolute Gasteiger partial charge is 0.373 e. The second kappa shape index (κ2) is 9.80. The summed E-state index contributed by atoms with van der Waals surface area (Å²) in [6.07, 6.45) is 0.172. The first kappa shape index (κ1) is 21.3. The summed E-state index contributed by atoms with van der Waals surface area (Å²) >= 11 is 0. The van der Waals surface area contributed by atoms with Crippen LogP contribution >= 0.6 is 0 Å². The molecule has 1 fully saturated rings. The normalized spacial score (nSPS) is 21.7. The van der Waals surface area contributed by atoms with Crippen LogP contribution < -0.4 is 10.6 Å². The summed E-state index contributed by atoms with van der Waals surface area (Å²) in [6.45, 7) is 10.0. The number of nitrogens with one attached hydrogen (secondary N) is 2. The lowest BCUT2D eigenvalue weighted by Gasteiger charge is -2.41. The van der Waals surface area contributed by atoms with Crippen molar-refractivity contribution in [3.63, 3.8) is 0 Å². The smallest absolute Gasteiger partial charge is 0.254 e. The van der Waals surface area contributed by atoms with E-state index in [0.29, 0.717) is 13.1 Å². The Balaban J connectivity index is 1.84. The van der Waals surface area contributed by atoms with Gasteiger partial charge < -0.3 is 15.4 Å². The first-order chi connectivity index (χ1) is 12.8. The lowest BCUT2D eigenvalue weighted by atomic mass is 9.99. The molecule has 0 radical (unpaired) electrons. The van der Waals surface area contributed by atoms with Crippen LogP contribution in [-0.2, 0) is 9.53 Å². The van der Waals surface area contributed by atoms with Crippen LogP contribution in [0.3, 0.4) is 0 Å². The molecule has 0 saturated carbocycles. The summed E-state index contributed by atoms with van der Waals surface area (Å²) in [6, 6.07) is 5.57. The van der Waals surface area contributed by atoms with E-state index in [1.54, 1.807) is 6.07 Å². The highest BCUT2D eigenvalue weighted by molar-refractivity contribution is 5.94. The van der Waals surface area contributed by atoms with E-state index >= 15 is 0 Å². The zero-order chi connectivity index (χ0) is 20.0. The molecular weight excluding hydrogens is 349 g/mol. The third kappa shape index (κ3) is 6.01. The van der Waals surface area contributed by atoms with Gasteiger partial charge in [-0.05, 0) is 31.9 Å². The summed E-state index contributed by atoms with van der Waals surface area (Å²) in [5.41, 5.74) is 0.000162. The van der Waals surface area contributed by atoms with Gasteiger partial charge in [-0.2, -0.15) is 0 Å². The van der Waals surface area contributed by atoms with Gasteiger partial charge in [-0.15, -0.1) is 0 Å². The topological polar surface area (TPSA) is 70.7 Å². The standard InChI is InChI=1S/C20H30FN3O3/c1-13(2)18(24-11-14(3)27-15(4)12-24)20(26)23-10-9-22-19(25)16-7-5-6-8-17(16)21/h5-8,13-15,18H,9-12H2,1-4H3,(H,22,25)(H,23,26)/t14-,15-,18+/m1/s1. The van der Waals surface area contributed by atoms with Gasteiger partial charge in [0.25, 0.3) is 5.91 Å². The van der Waals surface area contributed by atoms with Crippen molar-refractivity contribution in [3.8, 4) is 0 Å². The number of benzene rings is 1. The fraction of sp³-hybridized carbons (Fsp3) is 0.600. The van der Waals surface area contributed by atoms with Gasteiger partial charge in [-0.25, -0.2) is 4.39 Å². The number of ether oxygens (including phenoxy) is 1. The van der Waals surface area contributed by atoms with E-state index in [4.69, 9.17) is 4.74 Å². The zero-order valence-corrected chi connectivity index (χ0v) is 16.5. The predicted molar refractivity (Wildman–Crippen MR) is 102 cm³/mol. The van der Waals surface area contributed by atoms with E-state index in [0.717, 1.165) is 0 Å². The third-order valence-electron chi connectivity index (χ3n) is 4.57. The third-order valence-corrected chi connectivity index (χ3v) is 4.57. The molecule has 0 bridgehead atoms. The van der Waals surface area contributed by atoms with E-state index in [1.165, 1.54) is 18.2 Å². The van der Waals surface area contributed by atoms with E-state index in [2.05, 4.69) is 15.5 Å². The summed E-state index contributed by atoms with van der Waals surface area (Å²) in [7, 11) is 0. The quantitative estimate of drug-likeness (QED) is 0.709. The Labute approximate surface area is 160 Å². The Morgan fingerprint density at radius 2 is 1.74 bits per heavy atom. The van der Waals surface area contributed by atoms with Crippen LogP contribution in [0.25, 0.3) is 0 Å². The van der Waals surface area contributed by atoms with E-state index < -0.39 is 11.7 Å². The highest BCUT2D eigenvalue weighted by Crippen LogP contribution is 2.18. The molecule has 1 heterocycles. The van der Waals surface area contributed by atoms with Crippen molar-refractivity contribution in [1.29, 1.82) is 0 Å². The van der Waals surface area contributed by atoms with Crippen LogP contribution in [-0.4, -0.2) is 61.1 Å². The van der Waals surface area contributed by atoms with Crippen LogP contribution in [0.15, 0.2) is 24.3 Å². The van der Waals surface area contributed by atoms with Crippen molar-refractivity contribution in [2.45, 2.75) is 45.9 Å². The number of hydrogen-bond acceptors (Lipinski definition) is 4. The van der Waals surface area contributed by atoms with Gasteiger partial charge in [0.05, 0.1) is 23.8 Å². The average molecular weight is 379 g/mol. The predicted octanol–water partition coefficient (Wildman–Crippen LogP) is 1.81. The Bertz CT molecular complexity index is 643. The Kier molecular flexibility index (Phi) is 7.74. The second-order valence-corrected chi connectivity index (χ2v) is 7.43. The monoisotopic (exact) mass is 379 g/mol. The SMILES string of the molecule is CC(C)[C@@H](C(=O)NCCNC(=O)c1ccccc1F)N1C[C@@H](C)O[C@H](C)C1. The maximum Gasteiger partial charge on any atom is 0.254 e. The van der Waals surface area contributed by atoms with Crippen LogP contribution in [0.1, 0.15) is 38.1 Å². The fourth-order valence-electron chi connectivity index (χ4n) is 3.54. The number of nitrogens with zero attached hydrogens (tertiary/aromatic N) is 1. The molecule has 0 aliphatic carbocycles. The summed E-state index contributed by atoms with van der Waals surface area (Å²) in [4.78, 5) is 26.8. The minimum atomic E-state index is -0.561. The first-order valence-corrected chi connectivity index (χ1v) is 9.49. The van der Waals surface area contributed by atoms with Crippen molar-refractivity contribution in [1.82, 2.24) is 15.5 Å². The van der Waals surface area contributed by atoms with Gasteiger partial charge in [0.15, 0.2) is 0 Å². The number of hydrogen-bond donors (Lipinski definition) is 2. The van der Waals surface area contributed by atoms with Crippen LogP contribution in [0.5, 0.6) is 0 Å². The molecule has 2 N–H and O–H groups in total. The fourth-order valence-corrected chi connectivity index (χ4v) is 3.54. The molecule has 3 atom stereocenters. The molecule has 2 amide bonds. The minimum Gasteiger partial charge on any atom is -0.373 e. The molecule has 1 saturated heterocycles. The molecule has 1 aliphatic heterocycles. The minimum absolute atomic E-state index is 0.000162. The van der Waals surface area contributed by atoms with E-state index in [1.807, 2.05) is 27.7 Å². The van der Waals surface area contributed by atoms with Gasteiger partial charge in [-0.3, -0.25) is 14.5 Å². The summed E-state index contributed by atoms with van der Waals surface area (Å²) < 4.78 is 19.3. The maximum atomic E-state index is 13.6. The molecule has 0 aromatic heterocycles. The van der Waals surface area contributed by atoms with Crippen LogP contribution in [0, 0.1) is 11.7 Å². The molecule has 6 nitrogen and oxygen atoms in total. The highest BCUT2D eigenvalue weighted by atomic mass is 19.1. The number of carbonyl (C=O) groups excluding carboxylic acids is 2. The molecule has 1 aromatic rings. The highest BCUT2D eigenvalue weighted by Gasteiger charge is 2.33. The molecular formula is C20H30FN3O3. The van der Waals surface area contributed by atoms with Gasteiger partial charge in [0.1, 0.15) is 5.82 Å². The Morgan fingerprint density at radius 3 is 2.33 bits per heavy atom. The van der Waals surface area contributed by atoms with E-state index in [-0.39, 0.29) is 48.7 Å². The van der Waals surface area contributed by atoms with Crippen LogP contribution in [0.4, 0.5) is 4.39 Å². The zero-order valence-electron chi connectivity index (χ0n) is 16.5. The van der Waals surface area contributed by atoms with Crippen molar-refractivity contribution in [3.05, 3.63) is 35.6 Å². The Morgan fingerprint density at radius 1 is 1.15 bits per heavy atom. The number of amides is 2. The molecule has 0 spiro atoms. The summed E-state index contributed by atoms with van der Waals surface area (Å²) in [5.74, 6) is -0.963. The molecule has 7 heteroatoms. The number of morpholine rings is 1. The molecule has 0 unspecified atom stereocenters. The lowest BCUT2D eigenvalue weighted by molar-refractivity contribution is -0.135. The maximum absolute atomic E-state index is 13.6. The first-order valence-electron chi connectivity index (χ1n) is 9.49. The van der Waals surface area contributed by atoms with Crippen molar-refractivity contribution in [2.24, 2.45) is 5.92 Å². The van der Waals surface area contributed by atoms with Gasteiger partial charge in [0.2, 0.25) is 5.91 Å². The Hall–Kier alpha value is -1.99. The van der Waals surface area contributed by atoms with Crippen molar-refractivity contribution < 1.29 is 18.7 Å². The number of halogens is 1. The lowest BCUT2D eigenvalue weighted by Crippen LogP contribution is -2.57. The van der Waals surface area contributed by atoms with Gasteiger partial charge in [-0.1, -0.05) is 26.0 Å². The number of carbonyl (C=O) groups is 2. The molecule has 27 heavy (non-hydrogen) atoms.